The van der Waals surface area contributed by atoms with Gasteiger partial charge in [0.05, 0.1) is 6.04 Å². The molecule has 0 fully saturated rings. The van der Waals surface area contributed by atoms with Gasteiger partial charge in [0.1, 0.15) is 0 Å². The Balaban J connectivity index is 3.64. The number of hydrogen-bond donors (Lipinski definition) is 0. The van der Waals surface area contributed by atoms with Crippen LogP contribution in [0.3, 0.4) is 0 Å². The molecule has 0 saturated carbocycles. The Kier molecular flexibility index (Phi) is 2.62. The number of carbonyl (C=O) groups excluding carboxylic acids is 1. The second-order valence-corrected chi connectivity index (χ2v) is 1.94. The van der Waals surface area contributed by atoms with E-state index in [4.69, 9.17) is 0 Å². The highest BCUT2D eigenvalue weighted by atomic mass is 19.1. The molecular weight excluding hydrogens is 109 g/mol. The zero-order valence-electron chi connectivity index (χ0n) is 5.31. The Morgan fingerprint density at radius 2 is 2.00 bits per heavy atom. The first-order valence-electron chi connectivity index (χ1n) is 2.41. The molecule has 0 aromatic heterocycles. The van der Waals surface area contributed by atoms with E-state index in [0.717, 1.165) is 0 Å². The van der Waals surface area contributed by atoms with Crippen molar-refractivity contribution in [1.82, 2.24) is 4.90 Å². The third-order valence-corrected chi connectivity index (χ3v) is 1.10. The average molecular weight is 119 g/mol. The number of hydrogen-bond acceptors (Lipinski definition) is 2. The Hall–Kier alpha value is -0.440. The second-order valence-electron chi connectivity index (χ2n) is 1.94. The number of carbonyl (C=O) groups is 1. The Labute approximate surface area is 48.3 Å². The van der Waals surface area contributed by atoms with Crippen molar-refractivity contribution in [2.75, 3.05) is 14.1 Å². The predicted octanol–water partition coefficient (Wildman–Crippen LogP) is 0.433. The Morgan fingerprint density at radius 3 is 2.00 bits per heavy atom. The summed E-state index contributed by atoms with van der Waals surface area (Å²) in [5.74, 6) is 0. The Morgan fingerprint density at radius 1 is 1.62 bits per heavy atom. The summed E-state index contributed by atoms with van der Waals surface area (Å²) in [6.45, 7) is 1.52. The fraction of sp³-hybridized carbons (Fsp3) is 0.800. The van der Waals surface area contributed by atoms with Crippen molar-refractivity contribution in [1.29, 1.82) is 0 Å². The van der Waals surface area contributed by atoms with Crippen LogP contribution in [0.15, 0.2) is 0 Å². The molecule has 3 heteroatoms. The van der Waals surface area contributed by atoms with Crippen LogP contribution in [0.5, 0.6) is 0 Å². The fourth-order valence-corrected chi connectivity index (χ4v) is 0.203. The van der Waals surface area contributed by atoms with Crippen molar-refractivity contribution in [2.24, 2.45) is 0 Å². The summed E-state index contributed by atoms with van der Waals surface area (Å²) in [5.41, 5.74) is 0. The maximum Gasteiger partial charge on any atom is 0.318 e. The molecule has 0 aliphatic heterocycles. The van der Waals surface area contributed by atoms with Crippen LogP contribution in [0.4, 0.5) is 4.39 Å². The molecule has 0 aromatic rings. The molecule has 0 aromatic carbocycles. The van der Waals surface area contributed by atoms with E-state index in [1.807, 2.05) is 0 Å². The molecule has 0 aliphatic rings. The highest BCUT2D eigenvalue weighted by Crippen LogP contribution is 1.92. The lowest BCUT2D eigenvalue weighted by Crippen LogP contribution is -2.30. The van der Waals surface area contributed by atoms with Gasteiger partial charge < -0.3 is 0 Å². The van der Waals surface area contributed by atoms with E-state index in [0.29, 0.717) is 0 Å². The van der Waals surface area contributed by atoms with E-state index in [2.05, 4.69) is 0 Å². The molecular formula is C5H10FNO. The van der Waals surface area contributed by atoms with Crippen LogP contribution in [0.2, 0.25) is 0 Å². The molecule has 0 saturated heterocycles. The minimum atomic E-state index is -1.28. The SMILES string of the molecule is CC(C(=O)F)N(C)C. The lowest BCUT2D eigenvalue weighted by Gasteiger charge is -2.12. The van der Waals surface area contributed by atoms with E-state index in [1.165, 1.54) is 11.8 Å². The lowest BCUT2D eigenvalue weighted by molar-refractivity contribution is -0.133. The highest BCUT2D eigenvalue weighted by Gasteiger charge is 2.12. The summed E-state index contributed by atoms with van der Waals surface area (Å²) in [6.07, 6.45) is 0. The van der Waals surface area contributed by atoms with Crippen molar-refractivity contribution in [2.45, 2.75) is 13.0 Å². The van der Waals surface area contributed by atoms with Gasteiger partial charge in [-0.1, -0.05) is 0 Å². The topological polar surface area (TPSA) is 20.3 Å². The fourth-order valence-electron chi connectivity index (χ4n) is 0.203. The van der Waals surface area contributed by atoms with E-state index in [1.54, 1.807) is 14.1 Å². The van der Waals surface area contributed by atoms with Gasteiger partial charge in [-0.25, -0.2) is 0 Å². The van der Waals surface area contributed by atoms with E-state index in [9.17, 15) is 9.18 Å². The maximum absolute atomic E-state index is 11.7. The molecule has 0 bridgehead atoms. The summed E-state index contributed by atoms with van der Waals surface area (Å²) in [5, 5.41) is 0. The first kappa shape index (κ1) is 7.56. The minimum absolute atomic E-state index is 0.602. The molecule has 1 unspecified atom stereocenters. The molecule has 48 valence electrons. The third-order valence-electron chi connectivity index (χ3n) is 1.10. The van der Waals surface area contributed by atoms with Crippen LogP contribution in [-0.2, 0) is 4.79 Å². The van der Waals surface area contributed by atoms with E-state index >= 15 is 0 Å². The van der Waals surface area contributed by atoms with Crippen LogP contribution < -0.4 is 0 Å². The number of nitrogens with zero attached hydrogens (tertiary/aromatic N) is 1. The summed E-state index contributed by atoms with van der Waals surface area (Å²) < 4.78 is 11.7. The van der Waals surface area contributed by atoms with Gasteiger partial charge in [-0.3, -0.25) is 9.69 Å². The molecule has 0 radical (unpaired) electrons. The zero-order valence-corrected chi connectivity index (χ0v) is 5.31. The first-order chi connectivity index (χ1) is 3.55. The normalized spacial score (nSPS) is 14.1. The van der Waals surface area contributed by atoms with Gasteiger partial charge in [0.2, 0.25) is 0 Å². The molecule has 1 atom stereocenters. The van der Waals surface area contributed by atoms with Gasteiger partial charge in [-0.15, -0.1) is 0 Å². The summed E-state index contributed by atoms with van der Waals surface area (Å²) in [4.78, 5) is 11.4. The molecule has 0 rings (SSSR count). The minimum Gasteiger partial charge on any atom is -0.298 e. The quantitative estimate of drug-likeness (QED) is 0.491. The van der Waals surface area contributed by atoms with Crippen molar-refractivity contribution < 1.29 is 9.18 Å². The van der Waals surface area contributed by atoms with Crippen molar-refractivity contribution >= 4 is 6.04 Å². The standard InChI is InChI=1S/C5H10FNO/c1-4(5(6)8)7(2)3/h4H,1-3H3. The molecule has 0 aliphatic carbocycles. The molecule has 0 N–H and O–H groups in total. The summed E-state index contributed by atoms with van der Waals surface area (Å²) >= 11 is 0. The van der Waals surface area contributed by atoms with Crippen LogP contribution in [0.25, 0.3) is 0 Å². The summed E-state index contributed by atoms with van der Waals surface area (Å²) in [6, 6.07) is -1.88. The van der Waals surface area contributed by atoms with Crippen LogP contribution in [-0.4, -0.2) is 31.1 Å². The first-order valence-corrected chi connectivity index (χ1v) is 2.41. The van der Waals surface area contributed by atoms with Gasteiger partial charge in [-0.05, 0) is 21.0 Å². The van der Waals surface area contributed by atoms with Gasteiger partial charge in [0.15, 0.2) is 0 Å². The van der Waals surface area contributed by atoms with Crippen LogP contribution in [0, 0.1) is 0 Å². The number of likely N-dealkylation sites (N-methyl/N-ethyl adjacent to an activating group) is 1. The lowest BCUT2D eigenvalue weighted by atomic mass is 10.3. The number of rotatable bonds is 2. The average Bonchev–Trinajstić information content (AvgIpc) is 1.64. The molecule has 2 nitrogen and oxygen atoms in total. The maximum atomic E-state index is 11.7. The zero-order chi connectivity index (χ0) is 6.73. The molecule has 8 heavy (non-hydrogen) atoms. The van der Waals surface area contributed by atoms with Crippen molar-refractivity contribution in [3.8, 4) is 0 Å². The smallest absolute Gasteiger partial charge is 0.298 e. The second kappa shape index (κ2) is 2.77. The van der Waals surface area contributed by atoms with Gasteiger partial charge in [-0.2, -0.15) is 4.39 Å². The van der Waals surface area contributed by atoms with Gasteiger partial charge in [0.25, 0.3) is 0 Å². The third kappa shape index (κ3) is 2.02. The predicted molar refractivity (Wildman–Crippen MR) is 29.3 cm³/mol. The Bertz CT molecular complexity index is 92.4. The molecule has 0 spiro atoms. The summed E-state index contributed by atoms with van der Waals surface area (Å²) in [7, 11) is 3.31. The van der Waals surface area contributed by atoms with Crippen molar-refractivity contribution in [3.63, 3.8) is 0 Å². The van der Waals surface area contributed by atoms with Gasteiger partial charge in [0, 0.05) is 0 Å². The largest absolute Gasteiger partial charge is 0.318 e. The van der Waals surface area contributed by atoms with Crippen LogP contribution >= 0.6 is 0 Å². The molecule has 0 amide bonds. The van der Waals surface area contributed by atoms with E-state index < -0.39 is 12.1 Å². The van der Waals surface area contributed by atoms with Gasteiger partial charge >= 0.3 is 6.04 Å². The van der Waals surface area contributed by atoms with Crippen molar-refractivity contribution in [3.05, 3.63) is 0 Å². The van der Waals surface area contributed by atoms with Crippen LogP contribution in [0.1, 0.15) is 6.92 Å². The molecule has 0 heterocycles. The number of halogens is 1. The highest BCUT2D eigenvalue weighted by molar-refractivity contribution is 5.73. The monoisotopic (exact) mass is 119 g/mol. The van der Waals surface area contributed by atoms with E-state index in [-0.39, 0.29) is 0 Å².